The van der Waals surface area contributed by atoms with E-state index >= 15 is 0 Å². The molecule has 0 aliphatic carbocycles. The summed E-state index contributed by atoms with van der Waals surface area (Å²) in [5.41, 5.74) is 2.31. The molecule has 1 atom stereocenters. The van der Waals surface area contributed by atoms with Crippen LogP contribution in [-0.2, 0) is 6.54 Å². The Hall–Kier alpha value is -0.710. The number of thioether (sulfide) groups is 1. The van der Waals surface area contributed by atoms with Crippen LogP contribution < -0.4 is 5.32 Å². The maximum Gasteiger partial charge on any atom is 0.161 e. The minimum absolute atomic E-state index is 0.563. The lowest BCUT2D eigenvalue weighted by atomic mass is 10.1. The van der Waals surface area contributed by atoms with Gasteiger partial charge in [-0.05, 0) is 49.7 Å². The zero-order valence-corrected chi connectivity index (χ0v) is 13.3. The summed E-state index contributed by atoms with van der Waals surface area (Å²) in [5, 5.41) is 5.79. The van der Waals surface area contributed by atoms with Crippen LogP contribution in [0.15, 0.2) is 23.2 Å². The highest BCUT2D eigenvalue weighted by Gasteiger charge is 2.18. The van der Waals surface area contributed by atoms with Crippen molar-refractivity contribution < 1.29 is 0 Å². The molecule has 1 saturated heterocycles. The molecule has 3 nitrogen and oxygen atoms in total. The Morgan fingerprint density at radius 1 is 1.40 bits per heavy atom. The molecular weight excluding hydrogens is 290 g/mol. The van der Waals surface area contributed by atoms with Crippen molar-refractivity contribution in [1.29, 1.82) is 0 Å². The van der Waals surface area contributed by atoms with E-state index in [1.54, 1.807) is 0 Å². The maximum absolute atomic E-state index is 6.01. The van der Waals surface area contributed by atoms with E-state index in [-0.39, 0.29) is 0 Å². The van der Waals surface area contributed by atoms with Crippen LogP contribution in [0.2, 0.25) is 5.02 Å². The fourth-order valence-corrected chi connectivity index (χ4v) is 3.92. The van der Waals surface area contributed by atoms with Crippen molar-refractivity contribution in [2.75, 3.05) is 25.0 Å². The summed E-state index contributed by atoms with van der Waals surface area (Å²) < 4.78 is 0. The summed E-state index contributed by atoms with van der Waals surface area (Å²) in [5.74, 6) is 0. The van der Waals surface area contributed by atoms with Crippen LogP contribution in [0.3, 0.4) is 0 Å². The SMILES string of the molecule is CC(CN1CCCC1)SC1=NCc2cc(Cl)ccc2N1. The first kappa shape index (κ1) is 14.2. The number of nitrogens with zero attached hydrogens (tertiary/aromatic N) is 2. The Morgan fingerprint density at radius 2 is 2.20 bits per heavy atom. The fraction of sp³-hybridized carbons (Fsp3) is 0.533. The number of nitrogens with one attached hydrogen (secondary N) is 1. The van der Waals surface area contributed by atoms with E-state index in [9.17, 15) is 0 Å². The number of aliphatic imine (C=N–C) groups is 1. The van der Waals surface area contributed by atoms with Crippen molar-refractivity contribution in [2.24, 2.45) is 4.99 Å². The predicted molar refractivity (Wildman–Crippen MR) is 88.9 cm³/mol. The lowest BCUT2D eigenvalue weighted by Crippen LogP contribution is -2.28. The number of halogens is 1. The van der Waals surface area contributed by atoms with Crippen molar-refractivity contribution in [2.45, 2.75) is 31.6 Å². The number of rotatable bonds is 3. The normalized spacial score (nSPS) is 20.2. The second-order valence-corrected chi connectivity index (χ2v) is 7.35. The first-order valence-electron chi connectivity index (χ1n) is 7.19. The van der Waals surface area contributed by atoms with Crippen molar-refractivity contribution in [1.82, 2.24) is 4.90 Å². The molecule has 2 aliphatic heterocycles. The summed E-state index contributed by atoms with van der Waals surface area (Å²) in [6.07, 6.45) is 2.70. The molecule has 0 saturated carbocycles. The Bertz CT molecular complexity index is 512. The van der Waals surface area contributed by atoms with Gasteiger partial charge in [0.15, 0.2) is 5.17 Å². The molecule has 2 heterocycles. The van der Waals surface area contributed by atoms with Crippen LogP contribution >= 0.6 is 23.4 Å². The van der Waals surface area contributed by atoms with Crippen LogP contribution in [0.5, 0.6) is 0 Å². The lowest BCUT2D eigenvalue weighted by molar-refractivity contribution is 0.344. The molecule has 2 aliphatic rings. The molecule has 20 heavy (non-hydrogen) atoms. The topological polar surface area (TPSA) is 27.6 Å². The Balaban J connectivity index is 1.56. The van der Waals surface area contributed by atoms with Gasteiger partial charge in [0.05, 0.1) is 6.54 Å². The minimum Gasteiger partial charge on any atom is -0.335 e. The average molecular weight is 310 g/mol. The van der Waals surface area contributed by atoms with E-state index in [2.05, 4.69) is 22.1 Å². The number of amidine groups is 1. The molecule has 5 heteroatoms. The number of hydrogen-bond acceptors (Lipinski definition) is 4. The van der Waals surface area contributed by atoms with E-state index in [4.69, 9.17) is 11.6 Å². The van der Waals surface area contributed by atoms with E-state index in [0.717, 1.165) is 29.0 Å². The smallest absolute Gasteiger partial charge is 0.161 e. The van der Waals surface area contributed by atoms with Crippen LogP contribution in [0.4, 0.5) is 5.69 Å². The highest BCUT2D eigenvalue weighted by Crippen LogP contribution is 2.28. The Morgan fingerprint density at radius 3 is 3.00 bits per heavy atom. The van der Waals surface area contributed by atoms with Crippen LogP contribution in [0.1, 0.15) is 25.3 Å². The third kappa shape index (κ3) is 3.48. The van der Waals surface area contributed by atoms with Crippen LogP contribution in [0, 0.1) is 0 Å². The molecule has 108 valence electrons. The van der Waals surface area contributed by atoms with Gasteiger partial charge in [0.25, 0.3) is 0 Å². The van der Waals surface area contributed by atoms with E-state index in [0.29, 0.717) is 5.25 Å². The van der Waals surface area contributed by atoms with E-state index in [1.165, 1.54) is 31.5 Å². The second-order valence-electron chi connectivity index (χ2n) is 5.48. The van der Waals surface area contributed by atoms with Crippen LogP contribution in [0.25, 0.3) is 0 Å². The molecule has 1 aromatic rings. The summed E-state index contributed by atoms with van der Waals surface area (Å²) in [4.78, 5) is 7.17. The fourth-order valence-electron chi connectivity index (χ4n) is 2.75. The lowest BCUT2D eigenvalue weighted by Gasteiger charge is -2.23. The van der Waals surface area contributed by atoms with E-state index < -0.39 is 0 Å². The number of benzene rings is 1. The summed E-state index contributed by atoms with van der Waals surface area (Å²) in [6.45, 7) is 6.67. The highest BCUT2D eigenvalue weighted by molar-refractivity contribution is 8.14. The third-order valence-corrected chi connectivity index (χ3v) is 4.97. The summed E-state index contributed by atoms with van der Waals surface area (Å²) in [7, 11) is 0. The minimum atomic E-state index is 0.563. The van der Waals surface area contributed by atoms with Gasteiger partial charge >= 0.3 is 0 Å². The molecule has 0 aromatic heterocycles. The first-order chi connectivity index (χ1) is 9.70. The van der Waals surface area contributed by atoms with Crippen molar-refractivity contribution in [3.63, 3.8) is 0 Å². The Labute approximate surface area is 129 Å². The third-order valence-electron chi connectivity index (χ3n) is 3.73. The number of anilines is 1. The van der Waals surface area contributed by atoms with Gasteiger partial charge < -0.3 is 10.2 Å². The first-order valence-corrected chi connectivity index (χ1v) is 8.45. The molecule has 1 fully saturated rings. The molecule has 0 radical (unpaired) electrons. The quantitative estimate of drug-likeness (QED) is 0.919. The summed E-state index contributed by atoms with van der Waals surface area (Å²) >= 11 is 7.84. The van der Waals surface area contributed by atoms with Gasteiger partial charge in [0.2, 0.25) is 0 Å². The van der Waals surface area contributed by atoms with Gasteiger partial charge in [-0.2, -0.15) is 0 Å². The standard InChI is InChI=1S/C15H20ClN3S/c1-11(10-19-6-2-3-7-19)20-15-17-9-12-8-13(16)4-5-14(12)18-15/h4-5,8,11H,2-3,6-7,9-10H2,1H3,(H,17,18). The summed E-state index contributed by atoms with van der Waals surface area (Å²) in [6, 6.07) is 5.95. The van der Waals surface area contributed by atoms with Gasteiger partial charge in [0.1, 0.15) is 0 Å². The van der Waals surface area contributed by atoms with Crippen molar-refractivity contribution in [3.8, 4) is 0 Å². The predicted octanol–water partition coefficient (Wildman–Crippen LogP) is 3.84. The zero-order chi connectivity index (χ0) is 13.9. The average Bonchev–Trinajstić information content (AvgIpc) is 2.91. The molecule has 1 unspecified atom stereocenters. The highest BCUT2D eigenvalue weighted by atomic mass is 35.5. The molecule has 0 amide bonds. The van der Waals surface area contributed by atoms with Gasteiger partial charge in [0, 0.05) is 22.5 Å². The Kier molecular flexibility index (Phi) is 4.54. The molecule has 0 spiro atoms. The largest absolute Gasteiger partial charge is 0.335 e. The monoisotopic (exact) mass is 309 g/mol. The van der Waals surface area contributed by atoms with E-state index in [1.807, 2.05) is 30.0 Å². The number of fused-ring (bicyclic) bond motifs is 1. The van der Waals surface area contributed by atoms with Gasteiger partial charge in [-0.15, -0.1) is 0 Å². The number of likely N-dealkylation sites (tertiary alicyclic amines) is 1. The molecule has 1 aromatic carbocycles. The second kappa shape index (κ2) is 6.37. The van der Waals surface area contributed by atoms with Gasteiger partial charge in [-0.1, -0.05) is 30.3 Å². The molecule has 0 bridgehead atoms. The van der Waals surface area contributed by atoms with Gasteiger partial charge in [-0.3, -0.25) is 4.99 Å². The van der Waals surface area contributed by atoms with Gasteiger partial charge in [-0.25, -0.2) is 0 Å². The molecule has 3 rings (SSSR count). The number of hydrogen-bond donors (Lipinski definition) is 1. The van der Waals surface area contributed by atoms with Crippen LogP contribution in [-0.4, -0.2) is 35.0 Å². The molecule has 1 N–H and O–H groups in total. The maximum atomic E-state index is 6.01. The van der Waals surface area contributed by atoms with Crippen molar-refractivity contribution in [3.05, 3.63) is 28.8 Å². The zero-order valence-electron chi connectivity index (χ0n) is 11.7. The van der Waals surface area contributed by atoms with Crippen molar-refractivity contribution >= 4 is 34.2 Å². The molecular formula is C15H20ClN3S.